The highest BCUT2D eigenvalue weighted by Crippen LogP contribution is 2.32. The molecule has 22 heavy (non-hydrogen) atoms. The maximum atomic E-state index is 5.51. The van der Waals surface area contributed by atoms with Crippen LogP contribution in [0, 0.1) is 13.8 Å². The van der Waals surface area contributed by atoms with Crippen molar-refractivity contribution in [3.63, 3.8) is 0 Å². The number of methoxy groups -OCH3 is 1. The van der Waals surface area contributed by atoms with Crippen LogP contribution in [-0.4, -0.2) is 22.1 Å². The van der Waals surface area contributed by atoms with Gasteiger partial charge < -0.3 is 9.72 Å². The number of H-pyrrole nitrogens is 1. The van der Waals surface area contributed by atoms with E-state index >= 15 is 0 Å². The fourth-order valence-electron chi connectivity index (χ4n) is 2.66. The van der Waals surface area contributed by atoms with E-state index < -0.39 is 0 Å². The molecule has 3 rings (SSSR count). The van der Waals surface area contributed by atoms with Gasteiger partial charge in [0.25, 0.3) is 0 Å². The standard InChI is InChI=1S/C18H21N3O/c1-10(2)14-7-6-13(18(20-14)22-5)16-11(3)8-15-17(21-16)12(4)9-19-15/h6-10,19H,1-5H3. The van der Waals surface area contributed by atoms with Crippen LogP contribution in [0.1, 0.15) is 36.6 Å². The van der Waals surface area contributed by atoms with E-state index in [1.165, 1.54) is 0 Å². The van der Waals surface area contributed by atoms with Crippen LogP contribution in [0.4, 0.5) is 0 Å². The van der Waals surface area contributed by atoms with Crippen LogP contribution >= 0.6 is 0 Å². The van der Waals surface area contributed by atoms with Crippen LogP contribution in [0.2, 0.25) is 0 Å². The third-order valence-corrected chi connectivity index (χ3v) is 3.95. The van der Waals surface area contributed by atoms with E-state index in [-0.39, 0.29) is 0 Å². The molecule has 3 aromatic rings. The lowest BCUT2D eigenvalue weighted by molar-refractivity contribution is 0.397. The van der Waals surface area contributed by atoms with Crippen molar-refractivity contribution in [1.82, 2.24) is 15.0 Å². The summed E-state index contributed by atoms with van der Waals surface area (Å²) in [5.41, 5.74) is 7.19. The quantitative estimate of drug-likeness (QED) is 0.780. The number of aromatic amines is 1. The monoisotopic (exact) mass is 295 g/mol. The molecule has 0 spiro atoms. The molecule has 0 unspecified atom stereocenters. The van der Waals surface area contributed by atoms with Crippen LogP contribution in [0.5, 0.6) is 5.88 Å². The zero-order valence-corrected chi connectivity index (χ0v) is 13.7. The largest absolute Gasteiger partial charge is 0.480 e. The van der Waals surface area contributed by atoms with Crippen molar-refractivity contribution in [2.75, 3.05) is 7.11 Å². The first-order valence-corrected chi connectivity index (χ1v) is 7.52. The third kappa shape index (κ3) is 2.34. The minimum atomic E-state index is 0.367. The molecule has 0 atom stereocenters. The van der Waals surface area contributed by atoms with Crippen molar-refractivity contribution in [2.45, 2.75) is 33.6 Å². The summed E-state index contributed by atoms with van der Waals surface area (Å²) in [6.07, 6.45) is 1.98. The van der Waals surface area contributed by atoms with Gasteiger partial charge in [0.2, 0.25) is 5.88 Å². The van der Waals surface area contributed by atoms with Gasteiger partial charge in [-0.1, -0.05) is 13.8 Å². The third-order valence-electron chi connectivity index (χ3n) is 3.95. The molecule has 1 N–H and O–H groups in total. The number of rotatable bonds is 3. The van der Waals surface area contributed by atoms with Gasteiger partial charge in [-0.2, -0.15) is 0 Å². The van der Waals surface area contributed by atoms with Gasteiger partial charge in [0.1, 0.15) is 0 Å². The van der Waals surface area contributed by atoms with Gasteiger partial charge in [-0.25, -0.2) is 9.97 Å². The average Bonchev–Trinajstić information content (AvgIpc) is 2.86. The Morgan fingerprint density at radius 1 is 1.09 bits per heavy atom. The van der Waals surface area contributed by atoms with E-state index in [0.717, 1.165) is 39.1 Å². The fourth-order valence-corrected chi connectivity index (χ4v) is 2.66. The second kappa shape index (κ2) is 5.44. The summed E-state index contributed by atoms with van der Waals surface area (Å²) in [5, 5.41) is 0. The molecule has 4 heteroatoms. The average molecular weight is 295 g/mol. The Morgan fingerprint density at radius 2 is 1.86 bits per heavy atom. The molecule has 0 aromatic carbocycles. The van der Waals surface area contributed by atoms with E-state index in [1.807, 2.05) is 6.20 Å². The molecule has 0 aliphatic rings. The van der Waals surface area contributed by atoms with Gasteiger partial charge in [-0.3, -0.25) is 0 Å². The molecule has 0 aliphatic heterocycles. The Balaban J connectivity index is 2.22. The molecule has 0 saturated carbocycles. The van der Waals surface area contributed by atoms with E-state index in [0.29, 0.717) is 11.8 Å². The Bertz CT molecular complexity index is 834. The van der Waals surface area contributed by atoms with Gasteiger partial charge in [-0.15, -0.1) is 0 Å². The number of aryl methyl sites for hydroxylation is 2. The molecular weight excluding hydrogens is 274 g/mol. The maximum absolute atomic E-state index is 5.51. The number of pyridine rings is 2. The molecule has 0 bridgehead atoms. The predicted molar refractivity (Wildman–Crippen MR) is 89.4 cm³/mol. The van der Waals surface area contributed by atoms with Crippen molar-refractivity contribution in [3.05, 3.63) is 41.2 Å². The second-order valence-electron chi connectivity index (χ2n) is 5.97. The minimum absolute atomic E-state index is 0.367. The maximum Gasteiger partial charge on any atom is 0.222 e. The smallest absolute Gasteiger partial charge is 0.222 e. The molecule has 0 amide bonds. The van der Waals surface area contributed by atoms with E-state index in [9.17, 15) is 0 Å². The lowest BCUT2D eigenvalue weighted by Gasteiger charge is -2.13. The van der Waals surface area contributed by atoms with Gasteiger partial charge in [0.15, 0.2) is 0 Å². The molecule has 0 saturated heterocycles. The molecule has 114 valence electrons. The topological polar surface area (TPSA) is 50.8 Å². The van der Waals surface area contributed by atoms with Crippen LogP contribution in [0.25, 0.3) is 22.3 Å². The highest BCUT2D eigenvalue weighted by molar-refractivity contribution is 5.84. The van der Waals surface area contributed by atoms with Gasteiger partial charge in [-0.05, 0) is 49.1 Å². The number of hydrogen-bond donors (Lipinski definition) is 1. The first-order chi connectivity index (χ1) is 10.5. The second-order valence-corrected chi connectivity index (χ2v) is 5.97. The predicted octanol–water partition coefficient (Wildman–Crippen LogP) is 4.37. The van der Waals surface area contributed by atoms with Gasteiger partial charge >= 0.3 is 0 Å². The summed E-state index contributed by atoms with van der Waals surface area (Å²) in [6.45, 7) is 8.37. The van der Waals surface area contributed by atoms with Crippen LogP contribution in [0.15, 0.2) is 24.4 Å². The number of ether oxygens (including phenoxy) is 1. The van der Waals surface area contributed by atoms with Crippen molar-refractivity contribution in [3.8, 4) is 17.1 Å². The van der Waals surface area contributed by atoms with E-state index in [1.54, 1.807) is 7.11 Å². The highest BCUT2D eigenvalue weighted by Gasteiger charge is 2.15. The number of aromatic nitrogens is 3. The molecule has 0 radical (unpaired) electrons. The van der Waals surface area contributed by atoms with E-state index in [2.05, 4.69) is 55.9 Å². The summed E-state index contributed by atoms with van der Waals surface area (Å²) in [6, 6.07) is 6.24. The normalized spacial score (nSPS) is 11.4. The number of nitrogens with one attached hydrogen (secondary N) is 1. The summed E-state index contributed by atoms with van der Waals surface area (Å²) in [7, 11) is 1.66. The first-order valence-electron chi connectivity index (χ1n) is 7.52. The Hall–Kier alpha value is -2.36. The number of hydrogen-bond acceptors (Lipinski definition) is 3. The van der Waals surface area contributed by atoms with Crippen LogP contribution in [0.3, 0.4) is 0 Å². The van der Waals surface area contributed by atoms with Crippen LogP contribution < -0.4 is 4.74 Å². The lowest BCUT2D eigenvalue weighted by atomic mass is 10.0. The molecule has 3 heterocycles. The van der Waals surface area contributed by atoms with Crippen molar-refractivity contribution in [2.24, 2.45) is 0 Å². The molecule has 0 aliphatic carbocycles. The zero-order valence-electron chi connectivity index (χ0n) is 13.7. The Kier molecular flexibility index (Phi) is 3.61. The Labute approximate surface area is 130 Å². The summed E-state index contributed by atoms with van der Waals surface area (Å²) >= 11 is 0. The first kappa shape index (κ1) is 14.6. The zero-order chi connectivity index (χ0) is 15.9. The summed E-state index contributed by atoms with van der Waals surface area (Å²) in [5.74, 6) is 1.00. The van der Waals surface area contributed by atoms with Crippen LogP contribution in [-0.2, 0) is 0 Å². The highest BCUT2D eigenvalue weighted by atomic mass is 16.5. The lowest BCUT2D eigenvalue weighted by Crippen LogP contribution is -2.00. The van der Waals surface area contributed by atoms with Crippen molar-refractivity contribution in [1.29, 1.82) is 0 Å². The summed E-state index contributed by atoms with van der Waals surface area (Å²) in [4.78, 5) is 12.7. The SMILES string of the molecule is COc1nc(C(C)C)ccc1-c1nc2c(C)c[nH]c2cc1C. The van der Waals surface area contributed by atoms with Crippen molar-refractivity contribution >= 4 is 11.0 Å². The molecule has 0 fully saturated rings. The number of nitrogens with zero attached hydrogens (tertiary/aromatic N) is 2. The fraction of sp³-hybridized carbons (Fsp3) is 0.333. The molecule has 3 aromatic heterocycles. The van der Waals surface area contributed by atoms with Gasteiger partial charge in [0.05, 0.1) is 29.4 Å². The molecule has 4 nitrogen and oxygen atoms in total. The minimum Gasteiger partial charge on any atom is -0.480 e. The van der Waals surface area contributed by atoms with E-state index in [4.69, 9.17) is 9.72 Å². The van der Waals surface area contributed by atoms with Gasteiger partial charge in [0, 0.05) is 11.9 Å². The molecular formula is C18H21N3O. The number of fused-ring (bicyclic) bond motifs is 1. The Morgan fingerprint density at radius 3 is 2.55 bits per heavy atom. The summed E-state index contributed by atoms with van der Waals surface area (Å²) < 4.78 is 5.51. The van der Waals surface area contributed by atoms with Crippen molar-refractivity contribution < 1.29 is 4.74 Å².